The molecule has 3 rings (SSSR count). The molecule has 0 aliphatic carbocycles. The maximum Gasteiger partial charge on any atom is 0.261 e. The SMILES string of the molecule is COc1cccc(CN(C(=O)COc2cc(OC)cc(OC)c2)[C@@H](Cc2ccccc2)C(=O)NC(C)(C)C)c1. The van der Waals surface area contributed by atoms with Crippen LogP contribution in [0.25, 0.3) is 0 Å². The molecule has 208 valence electrons. The number of hydrogen-bond acceptors (Lipinski definition) is 6. The molecule has 1 atom stereocenters. The molecule has 8 nitrogen and oxygen atoms in total. The zero-order valence-corrected chi connectivity index (χ0v) is 23.5. The van der Waals surface area contributed by atoms with Crippen LogP contribution in [0.4, 0.5) is 0 Å². The van der Waals surface area contributed by atoms with Crippen molar-refractivity contribution in [2.75, 3.05) is 27.9 Å². The van der Waals surface area contributed by atoms with E-state index in [1.54, 1.807) is 44.4 Å². The topological polar surface area (TPSA) is 86.3 Å². The van der Waals surface area contributed by atoms with Crippen molar-refractivity contribution in [2.24, 2.45) is 0 Å². The van der Waals surface area contributed by atoms with E-state index in [9.17, 15) is 9.59 Å². The van der Waals surface area contributed by atoms with Gasteiger partial charge < -0.3 is 29.2 Å². The zero-order valence-electron chi connectivity index (χ0n) is 23.5. The molecule has 0 fully saturated rings. The van der Waals surface area contributed by atoms with Crippen LogP contribution in [0.3, 0.4) is 0 Å². The first-order valence-electron chi connectivity index (χ1n) is 12.8. The molecular weight excluding hydrogens is 496 g/mol. The predicted molar refractivity (Wildman–Crippen MR) is 150 cm³/mol. The van der Waals surface area contributed by atoms with Gasteiger partial charge in [-0.05, 0) is 44.0 Å². The lowest BCUT2D eigenvalue weighted by Crippen LogP contribution is -2.55. The van der Waals surface area contributed by atoms with E-state index in [4.69, 9.17) is 18.9 Å². The van der Waals surface area contributed by atoms with E-state index >= 15 is 0 Å². The summed E-state index contributed by atoms with van der Waals surface area (Å²) in [7, 11) is 4.68. The monoisotopic (exact) mass is 534 g/mol. The van der Waals surface area contributed by atoms with Crippen molar-refractivity contribution in [3.8, 4) is 23.0 Å². The minimum absolute atomic E-state index is 0.190. The van der Waals surface area contributed by atoms with Gasteiger partial charge in [0.25, 0.3) is 5.91 Å². The van der Waals surface area contributed by atoms with Crippen LogP contribution in [-0.2, 0) is 22.6 Å². The summed E-state index contributed by atoms with van der Waals surface area (Å²) in [6, 6.07) is 21.4. The third kappa shape index (κ3) is 8.95. The van der Waals surface area contributed by atoms with Crippen molar-refractivity contribution in [1.82, 2.24) is 10.2 Å². The zero-order chi connectivity index (χ0) is 28.4. The Morgan fingerprint density at radius 3 is 1.95 bits per heavy atom. The second kappa shape index (κ2) is 13.6. The van der Waals surface area contributed by atoms with Crippen LogP contribution in [0.15, 0.2) is 72.8 Å². The van der Waals surface area contributed by atoms with Gasteiger partial charge in [0.1, 0.15) is 29.0 Å². The van der Waals surface area contributed by atoms with E-state index in [0.29, 0.717) is 29.4 Å². The third-order valence-electron chi connectivity index (χ3n) is 5.94. The Kier molecular flexibility index (Phi) is 10.2. The minimum Gasteiger partial charge on any atom is -0.497 e. The summed E-state index contributed by atoms with van der Waals surface area (Å²) < 4.78 is 21.9. The molecule has 0 bridgehead atoms. The van der Waals surface area contributed by atoms with Gasteiger partial charge in [-0.1, -0.05) is 42.5 Å². The van der Waals surface area contributed by atoms with Gasteiger partial charge in [-0.2, -0.15) is 0 Å². The average molecular weight is 535 g/mol. The van der Waals surface area contributed by atoms with Crippen LogP contribution in [0, 0.1) is 0 Å². The molecule has 0 aliphatic rings. The molecule has 0 saturated carbocycles. The van der Waals surface area contributed by atoms with Gasteiger partial charge in [0.05, 0.1) is 21.3 Å². The smallest absolute Gasteiger partial charge is 0.261 e. The molecule has 0 aliphatic heterocycles. The van der Waals surface area contributed by atoms with Crippen molar-refractivity contribution in [1.29, 1.82) is 0 Å². The number of ether oxygens (including phenoxy) is 4. The van der Waals surface area contributed by atoms with E-state index in [1.165, 1.54) is 0 Å². The molecule has 2 amide bonds. The van der Waals surface area contributed by atoms with Crippen LogP contribution in [-0.4, -0.2) is 56.2 Å². The standard InChI is InChI=1S/C31H38N2O6/c1-31(2,3)32-30(35)28(16-22-11-8-7-9-12-22)33(20-23-13-10-14-24(15-23)36-4)29(34)21-39-27-18-25(37-5)17-26(19-27)38-6/h7-15,17-19,28H,16,20-21H2,1-6H3,(H,32,35)/t28-/m0/s1. The number of rotatable bonds is 12. The quantitative estimate of drug-likeness (QED) is 0.364. The fourth-order valence-electron chi connectivity index (χ4n) is 4.07. The average Bonchev–Trinajstić information content (AvgIpc) is 2.93. The van der Waals surface area contributed by atoms with Gasteiger partial charge in [-0.3, -0.25) is 9.59 Å². The highest BCUT2D eigenvalue weighted by atomic mass is 16.5. The maximum absolute atomic E-state index is 13.8. The largest absolute Gasteiger partial charge is 0.497 e. The number of benzene rings is 3. The summed E-state index contributed by atoms with van der Waals surface area (Å²) in [4.78, 5) is 29.0. The van der Waals surface area contributed by atoms with Gasteiger partial charge in [0, 0.05) is 36.7 Å². The Balaban J connectivity index is 1.96. The van der Waals surface area contributed by atoms with E-state index < -0.39 is 11.6 Å². The minimum atomic E-state index is -0.784. The number of carbonyl (C=O) groups is 2. The lowest BCUT2D eigenvalue weighted by atomic mass is 10.0. The molecule has 39 heavy (non-hydrogen) atoms. The van der Waals surface area contributed by atoms with E-state index in [-0.39, 0.29) is 25.0 Å². The Labute approximate surface area is 230 Å². The van der Waals surface area contributed by atoms with Crippen LogP contribution in [0.1, 0.15) is 31.9 Å². The molecule has 0 heterocycles. The molecule has 1 N–H and O–H groups in total. The highest BCUT2D eigenvalue weighted by Crippen LogP contribution is 2.27. The lowest BCUT2D eigenvalue weighted by molar-refractivity contribution is -0.143. The summed E-state index contributed by atoms with van der Waals surface area (Å²) in [5, 5.41) is 3.06. The summed E-state index contributed by atoms with van der Waals surface area (Å²) in [6.45, 7) is 5.65. The normalized spacial score (nSPS) is 11.7. The number of amides is 2. The Morgan fingerprint density at radius 2 is 1.36 bits per heavy atom. The Morgan fingerprint density at radius 1 is 0.769 bits per heavy atom. The van der Waals surface area contributed by atoms with Crippen molar-refractivity contribution in [2.45, 2.75) is 45.3 Å². The number of carbonyl (C=O) groups excluding carboxylic acids is 2. The number of nitrogens with zero attached hydrogens (tertiary/aromatic N) is 1. The Hall–Kier alpha value is -4.20. The Bertz CT molecular complexity index is 1220. The van der Waals surface area contributed by atoms with Crippen LogP contribution >= 0.6 is 0 Å². The van der Waals surface area contributed by atoms with E-state index in [2.05, 4.69) is 5.32 Å². The molecule has 0 saturated heterocycles. The summed E-state index contributed by atoms with van der Waals surface area (Å²) in [5.41, 5.74) is 1.28. The molecule has 3 aromatic carbocycles. The molecular formula is C31H38N2O6. The second-order valence-electron chi connectivity index (χ2n) is 10.2. The van der Waals surface area contributed by atoms with Gasteiger partial charge in [-0.25, -0.2) is 0 Å². The number of nitrogens with one attached hydrogen (secondary N) is 1. The van der Waals surface area contributed by atoms with Crippen molar-refractivity contribution >= 4 is 11.8 Å². The third-order valence-corrected chi connectivity index (χ3v) is 5.94. The highest BCUT2D eigenvalue weighted by Gasteiger charge is 2.32. The number of methoxy groups -OCH3 is 3. The summed E-state index contributed by atoms with van der Waals surface area (Å²) in [6.07, 6.45) is 0.339. The lowest BCUT2D eigenvalue weighted by Gasteiger charge is -2.33. The molecule has 0 spiro atoms. The molecule has 0 radical (unpaired) electrons. The van der Waals surface area contributed by atoms with E-state index in [1.807, 2.05) is 75.4 Å². The van der Waals surface area contributed by atoms with Gasteiger partial charge in [0.2, 0.25) is 5.91 Å². The molecule has 0 unspecified atom stereocenters. The first-order chi connectivity index (χ1) is 18.6. The predicted octanol–water partition coefficient (Wildman–Crippen LogP) is 4.65. The number of hydrogen-bond donors (Lipinski definition) is 1. The van der Waals surface area contributed by atoms with Crippen LogP contribution in [0.5, 0.6) is 23.0 Å². The molecule has 8 heteroatoms. The van der Waals surface area contributed by atoms with Crippen LogP contribution < -0.4 is 24.3 Å². The first-order valence-corrected chi connectivity index (χ1v) is 12.8. The molecule has 3 aromatic rings. The van der Waals surface area contributed by atoms with Gasteiger partial charge in [0.15, 0.2) is 6.61 Å². The fourth-order valence-corrected chi connectivity index (χ4v) is 4.07. The second-order valence-corrected chi connectivity index (χ2v) is 10.2. The first kappa shape index (κ1) is 29.4. The van der Waals surface area contributed by atoms with Gasteiger partial charge >= 0.3 is 0 Å². The van der Waals surface area contributed by atoms with E-state index in [0.717, 1.165) is 11.1 Å². The van der Waals surface area contributed by atoms with Crippen molar-refractivity contribution in [3.63, 3.8) is 0 Å². The highest BCUT2D eigenvalue weighted by molar-refractivity contribution is 5.89. The van der Waals surface area contributed by atoms with Crippen molar-refractivity contribution in [3.05, 3.63) is 83.9 Å². The summed E-state index contributed by atoms with van der Waals surface area (Å²) >= 11 is 0. The molecule has 0 aromatic heterocycles. The summed E-state index contributed by atoms with van der Waals surface area (Å²) in [5.74, 6) is 1.57. The maximum atomic E-state index is 13.8. The van der Waals surface area contributed by atoms with Gasteiger partial charge in [-0.15, -0.1) is 0 Å². The van der Waals surface area contributed by atoms with Crippen LogP contribution in [0.2, 0.25) is 0 Å². The van der Waals surface area contributed by atoms with Crippen molar-refractivity contribution < 1.29 is 28.5 Å². The fraction of sp³-hybridized carbons (Fsp3) is 0.355.